The summed E-state index contributed by atoms with van der Waals surface area (Å²) in [6.45, 7) is 7.50. The summed E-state index contributed by atoms with van der Waals surface area (Å²) in [7, 11) is 1.65. The monoisotopic (exact) mass is 479 g/mol. The topological polar surface area (TPSA) is 65.4 Å². The zero-order valence-corrected chi connectivity index (χ0v) is 20.8. The Morgan fingerprint density at radius 1 is 1.24 bits per heavy atom. The van der Waals surface area contributed by atoms with E-state index < -0.39 is 0 Å². The van der Waals surface area contributed by atoms with Crippen LogP contribution in [0.25, 0.3) is 11.4 Å². The number of hydrogen-bond donors (Lipinski definition) is 1. The molecular weight excluding hydrogens is 446 g/mol. The van der Waals surface area contributed by atoms with Crippen molar-refractivity contribution < 1.29 is 14.3 Å². The average molecular weight is 480 g/mol. The Hall–Kier alpha value is -3.06. The lowest BCUT2D eigenvalue weighted by atomic mass is 9.89. The van der Waals surface area contributed by atoms with Crippen LogP contribution in [0.5, 0.6) is 11.5 Å². The first-order valence-electron chi connectivity index (χ1n) is 11.9. The quantitative estimate of drug-likeness (QED) is 0.362. The summed E-state index contributed by atoms with van der Waals surface area (Å²) in [5.74, 6) is 2.14. The highest BCUT2D eigenvalue weighted by Gasteiger charge is 2.23. The second-order valence-electron chi connectivity index (χ2n) is 8.73. The number of hydrogen-bond acceptors (Lipinski definition) is 5. The molecule has 4 rings (SSSR count). The molecule has 7 heteroatoms. The van der Waals surface area contributed by atoms with Gasteiger partial charge in [-0.3, -0.25) is 4.79 Å². The van der Waals surface area contributed by atoms with Gasteiger partial charge in [-0.1, -0.05) is 25.3 Å². The van der Waals surface area contributed by atoms with E-state index in [1.54, 1.807) is 24.5 Å². The maximum Gasteiger partial charge on any atom is 0.253 e. The Labute approximate surface area is 205 Å². The molecule has 0 radical (unpaired) electrons. The van der Waals surface area contributed by atoms with E-state index in [0.717, 1.165) is 40.1 Å². The van der Waals surface area contributed by atoms with Gasteiger partial charge in [-0.2, -0.15) is 0 Å². The molecule has 6 nitrogen and oxygen atoms in total. The molecule has 0 spiro atoms. The molecule has 3 aromatic rings. The highest BCUT2D eigenvalue weighted by Crippen LogP contribution is 2.32. The predicted molar refractivity (Wildman–Crippen MR) is 137 cm³/mol. The van der Waals surface area contributed by atoms with Gasteiger partial charge in [0.05, 0.1) is 24.1 Å². The number of carbonyl (C=O) groups is 1. The summed E-state index contributed by atoms with van der Waals surface area (Å²) in [6.07, 6.45) is 8.09. The smallest absolute Gasteiger partial charge is 0.253 e. The number of aromatic nitrogens is 2. The third-order valence-corrected chi connectivity index (χ3v) is 7.24. The van der Waals surface area contributed by atoms with E-state index in [2.05, 4.69) is 21.8 Å². The van der Waals surface area contributed by atoms with Crippen molar-refractivity contribution in [3.63, 3.8) is 0 Å². The van der Waals surface area contributed by atoms with Crippen LogP contribution in [0, 0.1) is 12.8 Å². The van der Waals surface area contributed by atoms with Crippen molar-refractivity contribution in [1.82, 2.24) is 14.9 Å². The number of amides is 1. The number of methoxy groups -OCH3 is 1. The lowest BCUT2D eigenvalue weighted by Gasteiger charge is -2.24. The van der Waals surface area contributed by atoms with E-state index in [1.165, 1.54) is 32.1 Å². The summed E-state index contributed by atoms with van der Waals surface area (Å²) in [5.41, 5.74) is 3.58. The molecule has 2 aromatic heterocycles. The second-order valence-corrected chi connectivity index (χ2v) is 9.68. The Kier molecular flexibility index (Phi) is 8.06. The fourth-order valence-electron chi connectivity index (χ4n) is 4.52. The van der Waals surface area contributed by atoms with Crippen molar-refractivity contribution in [2.24, 2.45) is 5.92 Å². The summed E-state index contributed by atoms with van der Waals surface area (Å²) in [4.78, 5) is 17.7. The van der Waals surface area contributed by atoms with Crippen molar-refractivity contribution in [1.29, 1.82) is 0 Å². The molecule has 180 valence electrons. The number of nitrogens with zero attached hydrogens (tertiary/aromatic N) is 2. The number of ether oxygens (including phenoxy) is 2. The van der Waals surface area contributed by atoms with Crippen LogP contribution >= 0.6 is 11.3 Å². The van der Waals surface area contributed by atoms with Gasteiger partial charge in [0.15, 0.2) is 0 Å². The van der Waals surface area contributed by atoms with Crippen molar-refractivity contribution >= 4 is 17.2 Å². The minimum absolute atomic E-state index is 0.0701. The molecule has 2 heterocycles. The van der Waals surface area contributed by atoms with Crippen molar-refractivity contribution in [3.8, 4) is 22.9 Å². The zero-order chi connectivity index (χ0) is 23.9. The van der Waals surface area contributed by atoms with Gasteiger partial charge < -0.3 is 19.4 Å². The summed E-state index contributed by atoms with van der Waals surface area (Å²) in [5, 5.41) is 5.87. The van der Waals surface area contributed by atoms with Gasteiger partial charge in [-0.05, 0) is 56.0 Å². The molecule has 1 aromatic carbocycles. The van der Waals surface area contributed by atoms with Gasteiger partial charge in [-0.25, -0.2) is 4.98 Å². The molecule has 1 N–H and O–H groups in total. The Balaban J connectivity index is 1.55. The molecule has 0 unspecified atom stereocenters. The van der Waals surface area contributed by atoms with Gasteiger partial charge in [0, 0.05) is 24.2 Å². The van der Waals surface area contributed by atoms with Crippen molar-refractivity contribution in [2.45, 2.75) is 52.2 Å². The van der Waals surface area contributed by atoms with E-state index in [4.69, 9.17) is 14.5 Å². The first-order chi connectivity index (χ1) is 16.6. The van der Waals surface area contributed by atoms with Crippen molar-refractivity contribution in [2.75, 3.05) is 13.7 Å². The van der Waals surface area contributed by atoms with Gasteiger partial charge in [0.1, 0.15) is 23.1 Å². The molecule has 1 saturated carbocycles. The number of thiazole rings is 1. The van der Waals surface area contributed by atoms with Gasteiger partial charge in [0.2, 0.25) is 0 Å². The standard InChI is InChI=1S/C27H33N3O3S/c1-4-14-28-27(31)23-15-25(30(19(23)2)16-20-8-6-5-7-9-20)24-18-34-26(29-24)17-33-22-12-10-21(32-3)11-13-22/h4,10-13,15,18,20H,1,5-9,14,16-17H2,2-3H3,(H,28,31). The van der Waals surface area contributed by atoms with E-state index in [1.807, 2.05) is 37.3 Å². The Morgan fingerprint density at radius 3 is 2.68 bits per heavy atom. The Morgan fingerprint density at radius 2 is 1.97 bits per heavy atom. The van der Waals surface area contributed by atoms with Crippen LogP contribution in [0.3, 0.4) is 0 Å². The molecule has 34 heavy (non-hydrogen) atoms. The average Bonchev–Trinajstić information content (AvgIpc) is 3.47. The number of carbonyl (C=O) groups excluding carboxylic acids is 1. The highest BCUT2D eigenvalue weighted by atomic mass is 32.1. The van der Waals surface area contributed by atoms with Gasteiger partial charge >= 0.3 is 0 Å². The van der Waals surface area contributed by atoms with Crippen LogP contribution in [0.4, 0.5) is 0 Å². The summed E-state index contributed by atoms with van der Waals surface area (Å²) >= 11 is 1.58. The molecule has 0 aliphatic heterocycles. The van der Waals surface area contributed by atoms with E-state index in [-0.39, 0.29) is 5.91 Å². The highest BCUT2D eigenvalue weighted by molar-refractivity contribution is 7.09. The fraction of sp³-hybridized carbons (Fsp3) is 0.407. The maximum absolute atomic E-state index is 12.8. The lowest BCUT2D eigenvalue weighted by Crippen LogP contribution is -2.24. The maximum atomic E-state index is 12.8. The first kappa shape index (κ1) is 24.1. The van der Waals surface area contributed by atoms with Crippen LogP contribution in [-0.2, 0) is 13.2 Å². The van der Waals surface area contributed by atoms with Crippen LogP contribution in [0.1, 0.15) is 53.2 Å². The van der Waals surface area contributed by atoms with E-state index in [9.17, 15) is 4.79 Å². The molecule has 1 aliphatic rings. The van der Waals surface area contributed by atoms with Crippen LogP contribution in [0.2, 0.25) is 0 Å². The van der Waals surface area contributed by atoms with E-state index in [0.29, 0.717) is 24.6 Å². The molecule has 0 bridgehead atoms. The van der Waals surface area contributed by atoms with Crippen LogP contribution in [-0.4, -0.2) is 29.1 Å². The van der Waals surface area contributed by atoms with Crippen molar-refractivity contribution in [3.05, 3.63) is 64.6 Å². The minimum atomic E-state index is -0.0701. The lowest BCUT2D eigenvalue weighted by molar-refractivity contribution is 0.0957. The number of benzene rings is 1. The fourth-order valence-corrected chi connectivity index (χ4v) is 5.22. The first-order valence-corrected chi connectivity index (χ1v) is 12.8. The molecular formula is C27H33N3O3S. The number of rotatable bonds is 10. The minimum Gasteiger partial charge on any atom is -0.497 e. The van der Waals surface area contributed by atoms with Crippen LogP contribution in [0.15, 0.2) is 48.4 Å². The van der Waals surface area contributed by atoms with Gasteiger partial charge in [0.25, 0.3) is 5.91 Å². The SMILES string of the molecule is C=CCNC(=O)c1cc(-c2csc(COc3ccc(OC)cc3)n2)n(CC2CCCCC2)c1C. The Bertz CT molecular complexity index is 1110. The molecule has 1 amide bonds. The third-order valence-electron chi connectivity index (χ3n) is 6.42. The number of nitrogens with one attached hydrogen (secondary N) is 1. The molecule has 0 saturated heterocycles. The third kappa shape index (κ3) is 5.70. The molecule has 0 atom stereocenters. The largest absolute Gasteiger partial charge is 0.497 e. The zero-order valence-electron chi connectivity index (χ0n) is 20.0. The summed E-state index contributed by atoms with van der Waals surface area (Å²) in [6, 6.07) is 9.52. The van der Waals surface area contributed by atoms with Gasteiger partial charge in [-0.15, -0.1) is 17.9 Å². The van der Waals surface area contributed by atoms with Crippen LogP contribution < -0.4 is 14.8 Å². The summed E-state index contributed by atoms with van der Waals surface area (Å²) < 4.78 is 13.4. The molecule has 1 aliphatic carbocycles. The molecule has 1 fully saturated rings. The van der Waals surface area contributed by atoms with E-state index >= 15 is 0 Å². The predicted octanol–water partition coefficient (Wildman–Crippen LogP) is 6.00. The second kappa shape index (κ2) is 11.4. The normalized spacial score (nSPS) is 14.1.